The minimum atomic E-state index is 0.171. The zero-order chi connectivity index (χ0) is 10.9. The fourth-order valence-corrected chi connectivity index (χ4v) is 4.17. The van der Waals surface area contributed by atoms with E-state index in [-0.39, 0.29) is 32.8 Å². The van der Waals surface area contributed by atoms with Crippen molar-refractivity contribution in [3.8, 4) is 0 Å². The third-order valence-electron chi connectivity index (χ3n) is 2.82. The first kappa shape index (κ1) is 12.9. The Morgan fingerprint density at radius 1 is 0.643 bits per heavy atom. The summed E-state index contributed by atoms with van der Waals surface area (Å²) >= 11 is 18.3. The Labute approximate surface area is 108 Å². The lowest BCUT2D eigenvalue weighted by Crippen LogP contribution is -2.48. The van der Waals surface area contributed by atoms with Crippen LogP contribution in [0.25, 0.3) is 0 Å². The topological polar surface area (TPSA) is 0 Å². The first-order valence-corrected chi connectivity index (χ1v) is 6.58. The van der Waals surface area contributed by atoms with Crippen LogP contribution in [0.5, 0.6) is 0 Å². The van der Waals surface area contributed by atoms with Gasteiger partial charge in [0.25, 0.3) is 0 Å². The van der Waals surface area contributed by atoms with Crippen LogP contribution < -0.4 is 0 Å². The summed E-state index contributed by atoms with van der Waals surface area (Å²) in [5.41, 5.74) is 0. The van der Waals surface area contributed by atoms with Gasteiger partial charge in [-0.15, -0.1) is 13.2 Å². The predicted molar refractivity (Wildman–Crippen MR) is 78.5 cm³/mol. The van der Waals surface area contributed by atoms with Crippen LogP contribution in [0.1, 0.15) is 0 Å². The molecule has 1 fully saturated rings. The van der Waals surface area contributed by atoms with E-state index in [4.69, 9.17) is 0 Å². The Hall–Kier alpha value is 0.880. The molecule has 4 unspecified atom stereocenters. The van der Waals surface area contributed by atoms with Gasteiger partial charge in [-0.3, -0.25) is 0 Å². The van der Waals surface area contributed by atoms with Gasteiger partial charge in [0, 0.05) is 32.8 Å². The van der Waals surface area contributed by atoms with Gasteiger partial charge in [0.1, 0.15) is 0 Å². The molecule has 4 atom stereocenters. The van der Waals surface area contributed by atoms with Gasteiger partial charge in [-0.1, -0.05) is 12.2 Å². The molecular weight excluding hydrogens is 248 g/mol. The molecule has 0 bridgehead atoms. The molecule has 0 aromatic carbocycles. The molecule has 0 nitrogen and oxygen atoms in total. The Kier molecular flexibility index (Phi) is 4.88. The number of hydrogen-bond donors (Lipinski definition) is 4. The van der Waals surface area contributed by atoms with Crippen molar-refractivity contribution in [1.82, 2.24) is 0 Å². The van der Waals surface area contributed by atoms with Gasteiger partial charge in [0.2, 0.25) is 0 Å². The lowest BCUT2D eigenvalue weighted by atomic mass is 9.80. The molecule has 0 aliphatic heterocycles. The summed E-state index contributed by atoms with van der Waals surface area (Å²) < 4.78 is 0. The fourth-order valence-electron chi connectivity index (χ4n) is 1.87. The molecule has 0 radical (unpaired) electrons. The minimum absolute atomic E-state index is 0.171. The van der Waals surface area contributed by atoms with Crippen LogP contribution in [0.3, 0.4) is 0 Å². The van der Waals surface area contributed by atoms with E-state index in [1.54, 1.807) is 0 Å². The molecule has 0 saturated heterocycles. The van der Waals surface area contributed by atoms with E-state index >= 15 is 0 Å². The Bertz CT molecular complexity index is 188. The van der Waals surface area contributed by atoms with Crippen molar-refractivity contribution in [2.45, 2.75) is 21.0 Å². The van der Waals surface area contributed by atoms with Crippen molar-refractivity contribution in [2.75, 3.05) is 0 Å². The maximum atomic E-state index is 4.57. The fraction of sp³-hybridized carbons (Fsp3) is 0.600. The van der Waals surface area contributed by atoms with Gasteiger partial charge in [-0.05, 0) is 0 Å². The van der Waals surface area contributed by atoms with Crippen LogP contribution in [0, 0.1) is 11.8 Å². The van der Waals surface area contributed by atoms with Crippen LogP contribution >= 0.6 is 50.5 Å². The van der Waals surface area contributed by atoms with Crippen molar-refractivity contribution < 1.29 is 0 Å². The van der Waals surface area contributed by atoms with E-state index in [2.05, 4.69) is 63.7 Å². The highest BCUT2D eigenvalue weighted by atomic mass is 32.1. The van der Waals surface area contributed by atoms with Crippen LogP contribution in [-0.4, -0.2) is 21.0 Å². The van der Waals surface area contributed by atoms with Gasteiger partial charge in [0.05, 0.1) is 0 Å². The first-order valence-electron chi connectivity index (χ1n) is 4.52. The SMILES string of the molecule is C=CC1C(S)C(S)C(C=C)C(S)C1S. The van der Waals surface area contributed by atoms with Crippen LogP contribution in [0.15, 0.2) is 25.3 Å². The second kappa shape index (κ2) is 5.28. The van der Waals surface area contributed by atoms with Gasteiger partial charge in [0.15, 0.2) is 0 Å². The lowest BCUT2D eigenvalue weighted by molar-refractivity contribution is 0.408. The monoisotopic (exact) mass is 264 g/mol. The summed E-state index contributed by atoms with van der Waals surface area (Å²) in [6.07, 6.45) is 3.81. The smallest absolute Gasteiger partial charge is 0.0213 e. The van der Waals surface area contributed by atoms with Crippen molar-refractivity contribution in [1.29, 1.82) is 0 Å². The Morgan fingerprint density at radius 3 is 1.00 bits per heavy atom. The average molecular weight is 265 g/mol. The Morgan fingerprint density at radius 2 is 0.857 bits per heavy atom. The lowest BCUT2D eigenvalue weighted by Gasteiger charge is -2.43. The molecule has 0 amide bonds. The molecule has 0 aromatic rings. The maximum absolute atomic E-state index is 4.57. The first-order chi connectivity index (χ1) is 6.54. The molecule has 1 aliphatic rings. The third kappa shape index (κ3) is 2.18. The van der Waals surface area contributed by atoms with Crippen LogP contribution in [0.4, 0.5) is 0 Å². The summed E-state index contributed by atoms with van der Waals surface area (Å²) in [5.74, 6) is 0.505. The van der Waals surface area contributed by atoms with Gasteiger partial charge >= 0.3 is 0 Å². The second-order valence-corrected chi connectivity index (χ2v) is 5.97. The molecule has 1 rings (SSSR count). The Balaban J connectivity index is 2.92. The molecule has 1 saturated carbocycles. The largest absolute Gasteiger partial charge is 0.174 e. The summed E-state index contributed by atoms with van der Waals surface area (Å²) in [5, 5.41) is 0.684. The van der Waals surface area contributed by atoms with E-state index in [1.165, 1.54) is 0 Å². The summed E-state index contributed by atoms with van der Waals surface area (Å²) in [6, 6.07) is 0. The minimum Gasteiger partial charge on any atom is -0.174 e. The summed E-state index contributed by atoms with van der Waals surface area (Å²) in [6.45, 7) is 7.63. The zero-order valence-corrected chi connectivity index (χ0v) is 11.4. The van der Waals surface area contributed by atoms with E-state index in [0.717, 1.165) is 0 Å². The van der Waals surface area contributed by atoms with E-state index in [9.17, 15) is 0 Å². The molecule has 0 heterocycles. The van der Waals surface area contributed by atoms with Crippen molar-refractivity contribution in [3.05, 3.63) is 25.3 Å². The normalized spacial score (nSPS) is 48.6. The zero-order valence-electron chi connectivity index (χ0n) is 7.82. The van der Waals surface area contributed by atoms with E-state index in [0.29, 0.717) is 0 Å². The molecule has 1 aliphatic carbocycles. The highest BCUT2D eigenvalue weighted by molar-refractivity contribution is 7.86. The molecular formula is C10H16S4. The molecule has 0 spiro atoms. The molecule has 0 aromatic heterocycles. The van der Waals surface area contributed by atoms with Gasteiger partial charge < -0.3 is 0 Å². The van der Waals surface area contributed by atoms with Crippen LogP contribution in [0.2, 0.25) is 0 Å². The van der Waals surface area contributed by atoms with Gasteiger partial charge in [-0.2, -0.15) is 50.5 Å². The quantitative estimate of drug-likeness (QED) is 0.428. The summed E-state index contributed by atoms with van der Waals surface area (Å²) in [7, 11) is 0. The highest BCUT2D eigenvalue weighted by Gasteiger charge is 2.42. The predicted octanol–water partition coefficient (Wildman–Crippen LogP) is 2.80. The van der Waals surface area contributed by atoms with Crippen molar-refractivity contribution in [2.24, 2.45) is 11.8 Å². The molecule has 80 valence electrons. The van der Waals surface area contributed by atoms with Crippen LogP contribution in [-0.2, 0) is 0 Å². The van der Waals surface area contributed by atoms with Crippen molar-refractivity contribution in [3.63, 3.8) is 0 Å². The molecule has 4 heteroatoms. The van der Waals surface area contributed by atoms with E-state index < -0.39 is 0 Å². The highest BCUT2D eigenvalue weighted by Crippen LogP contribution is 2.42. The number of allylic oxidation sites excluding steroid dienone is 2. The maximum Gasteiger partial charge on any atom is 0.0213 e. The standard InChI is InChI=1S/C10H16S4/c1-3-5-7(11)9(13)6(4-2)10(14)8(5)12/h3-14H,1-2H2. The van der Waals surface area contributed by atoms with E-state index in [1.807, 2.05) is 12.2 Å². The van der Waals surface area contributed by atoms with Crippen molar-refractivity contribution >= 4 is 50.5 Å². The second-order valence-electron chi connectivity index (χ2n) is 3.59. The molecule has 0 N–H and O–H groups in total. The summed E-state index contributed by atoms with van der Waals surface area (Å²) in [4.78, 5) is 0. The third-order valence-corrected chi connectivity index (χ3v) is 5.95. The molecule has 14 heavy (non-hydrogen) atoms. The van der Waals surface area contributed by atoms with Gasteiger partial charge in [-0.25, -0.2) is 0 Å². The number of rotatable bonds is 2. The number of thiol groups is 4. The average Bonchev–Trinajstić information content (AvgIpc) is 2.17. The number of hydrogen-bond acceptors (Lipinski definition) is 4.